The quantitative estimate of drug-likeness (QED) is 0.499. The number of rotatable bonds is 9. The molecule has 0 fully saturated rings. The van der Waals surface area contributed by atoms with Crippen LogP contribution in [0, 0.1) is 13.8 Å². The minimum atomic E-state index is -0.780. The maximum atomic E-state index is 13.3. The number of carbonyl (C=O) groups is 3. The lowest BCUT2D eigenvalue weighted by Gasteiger charge is -2.28. The third kappa shape index (κ3) is 4.71. The fraction of sp³-hybridized carbons (Fsp3) is 0.409. The van der Waals surface area contributed by atoms with Crippen LogP contribution < -0.4 is 4.74 Å². The molecule has 8 heteroatoms. The van der Waals surface area contributed by atoms with E-state index in [2.05, 4.69) is 4.98 Å². The average Bonchev–Trinajstić information content (AvgIpc) is 3.06. The second-order valence-electron chi connectivity index (χ2n) is 6.88. The van der Waals surface area contributed by atoms with Crippen molar-refractivity contribution in [3.8, 4) is 5.75 Å². The summed E-state index contributed by atoms with van der Waals surface area (Å²) in [6.45, 7) is 5.55. The van der Waals surface area contributed by atoms with Gasteiger partial charge in [-0.05, 0) is 44.5 Å². The van der Waals surface area contributed by atoms with Gasteiger partial charge >= 0.3 is 5.97 Å². The van der Waals surface area contributed by atoms with Gasteiger partial charge in [-0.25, -0.2) is 4.79 Å². The number of H-pyrrole nitrogens is 1. The van der Waals surface area contributed by atoms with Crippen LogP contribution in [-0.2, 0) is 9.47 Å². The highest BCUT2D eigenvalue weighted by molar-refractivity contribution is 6.07. The van der Waals surface area contributed by atoms with Gasteiger partial charge in [-0.3, -0.25) is 9.59 Å². The fourth-order valence-corrected chi connectivity index (χ4v) is 3.36. The van der Waals surface area contributed by atoms with Gasteiger partial charge in [-0.2, -0.15) is 0 Å². The summed E-state index contributed by atoms with van der Waals surface area (Å²) in [4.78, 5) is 42.9. The second kappa shape index (κ2) is 10.1. The lowest BCUT2D eigenvalue weighted by atomic mass is 9.99. The molecule has 0 aliphatic heterocycles. The molecule has 0 saturated heterocycles. The van der Waals surface area contributed by atoms with Crippen molar-refractivity contribution >= 4 is 17.7 Å². The van der Waals surface area contributed by atoms with Gasteiger partial charge in [0.15, 0.2) is 5.78 Å². The molecule has 2 aromatic rings. The molecule has 0 aliphatic carbocycles. The van der Waals surface area contributed by atoms with Crippen LogP contribution in [0.3, 0.4) is 0 Å². The van der Waals surface area contributed by atoms with E-state index in [-0.39, 0.29) is 30.5 Å². The zero-order valence-corrected chi connectivity index (χ0v) is 18.2. The first kappa shape index (κ1) is 23.2. The van der Waals surface area contributed by atoms with Gasteiger partial charge < -0.3 is 24.1 Å². The predicted octanol–water partition coefficient (Wildman–Crippen LogP) is 2.79. The smallest absolute Gasteiger partial charge is 0.354 e. The number of aromatic nitrogens is 1. The first-order valence-corrected chi connectivity index (χ1v) is 9.52. The van der Waals surface area contributed by atoms with Gasteiger partial charge in [-0.1, -0.05) is 6.07 Å². The van der Waals surface area contributed by atoms with Crippen LogP contribution in [0.15, 0.2) is 24.3 Å². The zero-order valence-electron chi connectivity index (χ0n) is 18.2. The van der Waals surface area contributed by atoms with Crippen molar-refractivity contribution in [1.82, 2.24) is 9.88 Å². The zero-order chi connectivity index (χ0) is 22.4. The number of nitrogens with zero attached hydrogens (tertiary/aromatic N) is 1. The maximum Gasteiger partial charge on any atom is 0.354 e. The lowest BCUT2D eigenvalue weighted by Crippen LogP contribution is -2.45. The number of ether oxygens (including phenoxy) is 3. The number of benzene rings is 1. The molecule has 1 atom stereocenters. The molecule has 0 saturated carbocycles. The molecule has 1 aromatic carbocycles. The number of ketones is 1. The van der Waals surface area contributed by atoms with Gasteiger partial charge in [0.05, 0.1) is 26.9 Å². The molecule has 1 heterocycles. The number of esters is 1. The van der Waals surface area contributed by atoms with Crippen molar-refractivity contribution < 1.29 is 28.6 Å². The predicted molar refractivity (Wildman–Crippen MR) is 111 cm³/mol. The molecule has 30 heavy (non-hydrogen) atoms. The number of methoxy groups -OCH3 is 3. The van der Waals surface area contributed by atoms with Crippen molar-refractivity contribution in [3.05, 3.63) is 52.3 Å². The highest BCUT2D eigenvalue weighted by atomic mass is 16.5. The number of amides is 1. The Morgan fingerprint density at radius 1 is 1.13 bits per heavy atom. The molecule has 1 unspecified atom stereocenters. The van der Waals surface area contributed by atoms with E-state index in [0.717, 1.165) is 0 Å². The fourth-order valence-electron chi connectivity index (χ4n) is 3.36. The van der Waals surface area contributed by atoms with Crippen molar-refractivity contribution in [1.29, 1.82) is 0 Å². The van der Waals surface area contributed by atoms with Crippen molar-refractivity contribution in [3.63, 3.8) is 0 Å². The summed E-state index contributed by atoms with van der Waals surface area (Å²) in [5.74, 6) is -0.591. The average molecular weight is 416 g/mol. The Hall–Kier alpha value is -3.13. The number of Topliss-reactive ketones (excluding diaryl/α,β-unsaturated/α-hetero) is 1. The molecular formula is C22H28N2O6. The number of aromatic amines is 1. The van der Waals surface area contributed by atoms with Gasteiger partial charge in [-0.15, -0.1) is 0 Å². The summed E-state index contributed by atoms with van der Waals surface area (Å²) in [7, 11) is 4.33. The van der Waals surface area contributed by atoms with E-state index in [1.807, 2.05) is 0 Å². The summed E-state index contributed by atoms with van der Waals surface area (Å²) < 4.78 is 15.1. The number of aryl methyl sites for hydroxylation is 1. The first-order chi connectivity index (χ1) is 14.3. The van der Waals surface area contributed by atoms with E-state index in [4.69, 9.17) is 14.2 Å². The van der Waals surface area contributed by atoms with Gasteiger partial charge in [0.25, 0.3) is 5.91 Å². The Bertz CT molecular complexity index is 934. The molecule has 8 nitrogen and oxygen atoms in total. The Morgan fingerprint density at radius 2 is 1.83 bits per heavy atom. The van der Waals surface area contributed by atoms with Crippen LogP contribution in [0.2, 0.25) is 0 Å². The standard InChI is InChI=1S/C22H28N2O6/c1-13-18(14(2)23-19(13)22(27)30-6)20(25)15(3)24(10-11-28-4)21(26)16-8-7-9-17(12-16)29-5/h7-9,12,15,23H,10-11H2,1-6H3. The number of carbonyl (C=O) groups excluding carboxylic acids is 3. The Kier molecular flexibility index (Phi) is 7.77. The molecule has 2 rings (SSSR count). The van der Waals surface area contributed by atoms with Gasteiger partial charge in [0.2, 0.25) is 0 Å². The molecule has 0 radical (unpaired) electrons. The van der Waals surface area contributed by atoms with Crippen molar-refractivity contribution in [2.24, 2.45) is 0 Å². The number of nitrogens with one attached hydrogen (secondary N) is 1. The molecule has 0 aliphatic rings. The molecule has 1 aromatic heterocycles. The first-order valence-electron chi connectivity index (χ1n) is 9.52. The van der Waals surface area contributed by atoms with Crippen LogP contribution in [0.25, 0.3) is 0 Å². The van der Waals surface area contributed by atoms with E-state index in [1.165, 1.54) is 26.2 Å². The lowest BCUT2D eigenvalue weighted by molar-refractivity contribution is 0.0562. The summed E-state index contributed by atoms with van der Waals surface area (Å²) in [5.41, 5.74) is 2.06. The Morgan fingerprint density at radius 3 is 2.43 bits per heavy atom. The molecule has 1 amide bonds. The van der Waals surface area contributed by atoms with Crippen LogP contribution in [0.5, 0.6) is 5.75 Å². The normalized spacial score (nSPS) is 11.7. The Balaban J connectivity index is 2.40. The van der Waals surface area contributed by atoms with E-state index in [9.17, 15) is 14.4 Å². The van der Waals surface area contributed by atoms with E-state index in [0.29, 0.717) is 28.1 Å². The summed E-state index contributed by atoms with van der Waals surface area (Å²) >= 11 is 0. The van der Waals surface area contributed by atoms with E-state index in [1.54, 1.807) is 45.0 Å². The van der Waals surface area contributed by atoms with E-state index < -0.39 is 12.0 Å². The maximum absolute atomic E-state index is 13.3. The summed E-state index contributed by atoms with van der Waals surface area (Å²) in [5, 5.41) is 0. The SMILES string of the molecule is COCCN(C(=O)c1cccc(OC)c1)C(C)C(=O)c1c(C)[nH]c(C(=O)OC)c1C. The summed E-state index contributed by atoms with van der Waals surface area (Å²) in [6.07, 6.45) is 0. The van der Waals surface area contributed by atoms with Crippen molar-refractivity contribution in [2.45, 2.75) is 26.8 Å². The van der Waals surface area contributed by atoms with Crippen LogP contribution in [0.1, 0.15) is 49.4 Å². The van der Waals surface area contributed by atoms with Gasteiger partial charge in [0, 0.05) is 30.5 Å². The number of hydrogen-bond acceptors (Lipinski definition) is 6. The molecule has 162 valence electrons. The largest absolute Gasteiger partial charge is 0.497 e. The summed E-state index contributed by atoms with van der Waals surface area (Å²) in [6, 6.07) is 5.98. The third-order valence-corrected chi connectivity index (χ3v) is 5.03. The third-order valence-electron chi connectivity index (χ3n) is 5.03. The van der Waals surface area contributed by atoms with E-state index >= 15 is 0 Å². The van der Waals surface area contributed by atoms with Gasteiger partial charge in [0.1, 0.15) is 11.4 Å². The topological polar surface area (TPSA) is 97.9 Å². The molecule has 1 N–H and O–H groups in total. The minimum absolute atomic E-state index is 0.228. The van der Waals surface area contributed by atoms with Crippen LogP contribution >= 0.6 is 0 Å². The molecule has 0 spiro atoms. The highest BCUT2D eigenvalue weighted by Gasteiger charge is 2.31. The van der Waals surface area contributed by atoms with Crippen LogP contribution in [-0.4, -0.2) is 68.1 Å². The Labute approximate surface area is 176 Å². The van der Waals surface area contributed by atoms with Crippen LogP contribution in [0.4, 0.5) is 0 Å². The van der Waals surface area contributed by atoms with Crippen molar-refractivity contribution in [2.75, 3.05) is 34.5 Å². The minimum Gasteiger partial charge on any atom is -0.497 e. The molecular weight excluding hydrogens is 388 g/mol. The highest BCUT2D eigenvalue weighted by Crippen LogP contribution is 2.23. The second-order valence-corrected chi connectivity index (χ2v) is 6.88. The monoisotopic (exact) mass is 416 g/mol. The number of hydrogen-bond donors (Lipinski definition) is 1. The molecule has 0 bridgehead atoms.